The van der Waals surface area contributed by atoms with Gasteiger partial charge in [-0.3, -0.25) is 0 Å². The van der Waals surface area contributed by atoms with E-state index in [1.54, 1.807) is 6.07 Å². The molecule has 0 radical (unpaired) electrons. The number of alkyl halides is 3. The first-order valence-electron chi connectivity index (χ1n) is 5.02. The first-order valence-corrected chi connectivity index (χ1v) is 5.82. The van der Waals surface area contributed by atoms with Crippen LogP contribution in [0, 0.1) is 5.82 Å². The number of pyridine rings is 1. The SMILES string of the molecule is Fc1ccc(Oc2ccc(Br)cn2)cc1C(F)(F)F. The van der Waals surface area contributed by atoms with Crippen LogP contribution in [0.15, 0.2) is 41.0 Å². The molecule has 0 spiro atoms. The van der Waals surface area contributed by atoms with Crippen molar-refractivity contribution in [2.24, 2.45) is 0 Å². The van der Waals surface area contributed by atoms with Crippen LogP contribution in [-0.4, -0.2) is 4.98 Å². The second-order valence-electron chi connectivity index (χ2n) is 3.56. The van der Waals surface area contributed by atoms with Crippen molar-refractivity contribution in [3.63, 3.8) is 0 Å². The lowest BCUT2D eigenvalue weighted by molar-refractivity contribution is -0.140. The van der Waals surface area contributed by atoms with Crippen LogP contribution in [0.4, 0.5) is 17.6 Å². The third-order valence-corrected chi connectivity index (χ3v) is 2.63. The molecular formula is C12H6BrF4NO. The van der Waals surface area contributed by atoms with Gasteiger partial charge in [0.25, 0.3) is 0 Å². The van der Waals surface area contributed by atoms with Gasteiger partial charge in [-0.25, -0.2) is 9.37 Å². The molecule has 0 amide bonds. The van der Waals surface area contributed by atoms with E-state index in [4.69, 9.17) is 4.74 Å². The maximum absolute atomic E-state index is 13.1. The highest BCUT2D eigenvalue weighted by Crippen LogP contribution is 2.34. The molecule has 100 valence electrons. The molecule has 1 aromatic heterocycles. The van der Waals surface area contributed by atoms with Crippen LogP contribution in [-0.2, 0) is 6.18 Å². The zero-order valence-corrected chi connectivity index (χ0v) is 10.8. The van der Waals surface area contributed by atoms with E-state index >= 15 is 0 Å². The minimum atomic E-state index is -4.77. The third-order valence-electron chi connectivity index (χ3n) is 2.17. The number of hydrogen-bond acceptors (Lipinski definition) is 2. The van der Waals surface area contributed by atoms with Gasteiger partial charge >= 0.3 is 6.18 Å². The fourth-order valence-electron chi connectivity index (χ4n) is 1.33. The molecule has 0 unspecified atom stereocenters. The highest BCUT2D eigenvalue weighted by Gasteiger charge is 2.34. The van der Waals surface area contributed by atoms with Crippen LogP contribution in [0.2, 0.25) is 0 Å². The number of benzene rings is 1. The van der Waals surface area contributed by atoms with Crippen molar-refractivity contribution >= 4 is 15.9 Å². The summed E-state index contributed by atoms with van der Waals surface area (Å²) in [6, 6.07) is 5.50. The van der Waals surface area contributed by atoms with Gasteiger partial charge in [-0.2, -0.15) is 13.2 Å². The molecular weight excluding hydrogens is 330 g/mol. The molecule has 1 aromatic carbocycles. The van der Waals surface area contributed by atoms with Crippen molar-refractivity contribution in [2.75, 3.05) is 0 Å². The summed E-state index contributed by atoms with van der Waals surface area (Å²) in [4.78, 5) is 3.84. The van der Waals surface area contributed by atoms with E-state index in [0.717, 1.165) is 6.07 Å². The maximum Gasteiger partial charge on any atom is 0.419 e. The lowest BCUT2D eigenvalue weighted by Crippen LogP contribution is -2.08. The normalized spacial score (nSPS) is 11.4. The van der Waals surface area contributed by atoms with Gasteiger partial charge in [-0.15, -0.1) is 0 Å². The molecule has 0 fully saturated rings. The van der Waals surface area contributed by atoms with Gasteiger partial charge in [0.2, 0.25) is 5.88 Å². The molecule has 0 aliphatic rings. The molecule has 0 aliphatic carbocycles. The minimum Gasteiger partial charge on any atom is -0.439 e. The molecule has 1 heterocycles. The lowest BCUT2D eigenvalue weighted by atomic mass is 10.2. The van der Waals surface area contributed by atoms with Gasteiger partial charge in [-0.05, 0) is 40.2 Å². The van der Waals surface area contributed by atoms with E-state index in [1.807, 2.05) is 0 Å². The average Bonchev–Trinajstić information content (AvgIpc) is 2.33. The minimum absolute atomic E-state index is 0.114. The first kappa shape index (κ1) is 13.8. The van der Waals surface area contributed by atoms with Crippen LogP contribution in [0.5, 0.6) is 11.6 Å². The largest absolute Gasteiger partial charge is 0.439 e. The Morgan fingerprint density at radius 1 is 1.11 bits per heavy atom. The van der Waals surface area contributed by atoms with E-state index in [9.17, 15) is 17.6 Å². The Morgan fingerprint density at radius 3 is 2.42 bits per heavy atom. The Morgan fingerprint density at radius 2 is 1.84 bits per heavy atom. The molecule has 0 bridgehead atoms. The van der Waals surface area contributed by atoms with E-state index < -0.39 is 17.6 Å². The summed E-state index contributed by atoms with van der Waals surface area (Å²) in [5.41, 5.74) is -1.37. The van der Waals surface area contributed by atoms with E-state index in [0.29, 0.717) is 16.6 Å². The van der Waals surface area contributed by atoms with Crippen LogP contribution in [0.3, 0.4) is 0 Å². The number of aromatic nitrogens is 1. The Kier molecular flexibility index (Phi) is 3.75. The number of halogens is 5. The smallest absolute Gasteiger partial charge is 0.419 e. The summed E-state index contributed by atoms with van der Waals surface area (Å²) in [5.74, 6) is -1.37. The number of rotatable bonds is 2. The topological polar surface area (TPSA) is 22.1 Å². The summed E-state index contributed by atoms with van der Waals surface area (Å²) in [6.45, 7) is 0. The standard InChI is InChI=1S/C12H6BrF4NO/c13-7-1-4-11(18-6-7)19-8-2-3-10(14)9(5-8)12(15,16)17/h1-6H. The van der Waals surface area contributed by atoms with Gasteiger partial charge in [0, 0.05) is 16.7 Å². The fraction of sp³-hybridized carbons (Fsp3) is 0.0833. The van der Waals surface area contributed by atoms with Crippen LogP contribution < -0.4 is 4.74 Å². The van der Waals surface area contributed by atoms with Gasteiger partial charge < -0.3 is 4.74 Å². The summed E-state index contributed by atoms with van der Waals surface area (Å²) in [5, 5.41) is 0. The number of hydrogen-bond donors (Lipinski definition) is 0. The zero-order chi connectivity index (χ0) is 14.0. The van der Waals surface area contributed by atoms with Gasteiger partial charge in [0.15, 0.2) is 0 Å². The van der Waals surface area contributed by atoms with Gasteiger partial charge in [0.1, 0.15) is 11.6 Å². The summed E-state index contributed by atoms with van der Waals surface area (Å²) < 4.78 is 56.4. The van der Waals surface area contributed by atoms with Crippen LogP contribution in [0.1, 0.15) is 5.56 Å². The molecule has 0 aliphatic heterocycles. The molecule has 7 heteroatoms. The first-order chi connectivity index (χ1) is 8.86. The van der Waals surface area contributed by atoms with Crippen molar-refractivity contribution in [1.82, 2.24) is 4.98 Å². The highest BCUT2D eigenvalue weighted by atomic mass is 79.9. The quantitative estimate of drug-likeness (QED) is 0.736. The average molecular weight is 336 g/mol. The molecule has 2 rings (SSSR count). The Hall–Kier alpha value is -1.63. The molecule has 2 nitrogen and oxygen atoms in total. The molecule has 0 saturated heterocycles. The van der Waals surface area contributed by atoms with Crippen molar-refractivity contribution in [1.29, 1.82) is 0 Å². The lowest BCUT2D eigenvalue weighted by Gasteiger charge is -2.10. The van der Waals surface area contributed by atoms with Crippen molar-refractivity contribution in [2.45, 2.75) is 6.18 Å². The van der Waals surface area contributed by atoms with E-state index in [2.05, 4.69) is 20.9 Å². The maximum atomic E-state index is 13.1. The molecule has 0 atom stereocenters. The fourth-order valence-corrected chi connectivity index (χ4v) is 1.56. The predicted molar refractivity (Wildman–Crippen MR) is 63.4 cm³/mol. The Labute approximate surface area is 114 Å². The van der Waals surface area contributed by atoms with Crippen molar-refractivity contribution < 1.29 is 22.3 Å². The summed E-state index contributed by atoms with van der Waals surface area (Å²) in [7, 11) is 0. The van der Waals surface area contributed by atoms with Gasteiger partial charge in [0.05, 0.1) is 5.56 Å². The number of ether oxygens (including phenoxy) is 1. The Balaban J connectivity index is 2.29. The van der Waals surface area contributed by atoms with Crippen molar-refractivity contribution in [3.05, 3.63) is 52.4 Å². The third kappa shape index (κ3) is 3.44. The Bertz CT molecular complexity index is 583. The van der Waals surface area contributed by atoms with Crippen LogP contribution in [0.25, 0.3) is 0 Å². The van der Waals surface area contributed by atoms with Gasteiger partial charge in [-0.1, -0.05) is 0 Å². The highest BCUT2D eigenvalue weighted by molar-refractivity contribution is 9.10. The molecule has 0 saturated carbocycles. The monoisotopic (exact) mass is 335 g/mol. The van der Waals surface area contributed by atoms with E-state index in [-0.39, 0.29) is 11.6 Å². The summed E-state index contributed by atoms with van der Waals surface area (Å²) >= 11 is 3.16. The molecule has 19 heavy (non-hydrogen) atoms. The second-order valence-corrected chi connectivity index (χ2v) is 4.47. The van der Waals surface area contributed by atoms with Crippen molar-refractivity contribution in [3.8, 4) is 11.6 Å². The predicted octanol–water partition coefficient (Wildman–Crippen LogP) is 4.79. The number of nitrogens with zero attached hydrogens (tertiary/aromatic N) is 1. The molecule has 2 aromatic rings. The zero-order valence-electron chi connectivity index (χ0n) is 9.21. The molecule has 0 N–H and O–H groups in total. The second kappa shape index (κ2) is 5.16. The van der Waals surface area contributed by atoms with Crippen LogP contribution >= 0.6 is 15.9 Å². The summed E-state index contributed by atoms with van der Waals surface area (Å²) in [6.07, 6.45) is -3.33. The van der Waals surface area contributed by atoms with E-state index in [1.165, 1.54) is 12.3 Å².